The fraction of sp³-hybridized carbons (Fsp3) is 0.500. The van der Waals surface area contributed by atoms with Crippen molar-refractivity contribution in [1.82, 2.24) is 4.90 Å². The predicted octanol–water partition coefficient (Wildman–Crippen LogP) is 4.19. The Bertz CT molecular complexity index is 848. The van der Waals surface area contributed by atoms with Crippen molar-refractivity contribution in [1.29, 1.82) is 0 Å². The van der Waals surface area contributed by atoms with Gasteiger partial charge < -0.3 is 14.6 Å². The van der Waals surface area contributed by atoms with Crippen LogP contribution in [0.1, 0.15) is 23.8 Å². The highest BCUT2D eigenvalue weighted by molar-refractivity contribution is 5.30. The fourth-order valence-electron chi connectivity index (χ4n) is 4.13. The van der Waals surface area contributed by atoms with Crippen molar-refractivity contribution in [3.05, 3.63) is 59.2 Å². The third-order valence-electron chi connectivity index (χ3n) is 5.75. The maximum absolute atomic E-state index is 12.9. The molecule has 1 aromatic carbocycles. The lowest BCUT2D eigenvalue weighted by Gasteiger charge is -2.36. The first-order valence-electron chi connectivity index (χ1n) is 9.30. The van der Waals surface area contributed by atoms with Gasteiger partial charge in [-0.1, -0.05) is 30.4 Å². The first kappa shape index (κ1) is 21.4. The average molecular weight is 435 g/mol. The summed E-state index contributed by atoms with van der Waals surface area (Å²) in [5.74, 6) is -0.428. The lowest BCUT2D eigenvalue weighted by molar-refractivity contribution is -0.137. The summed E-state index contributed by atoms with van der Waals surface area (Å²) in [6.45, 7) is -0.127. The minimum absolute atomic E-state index is 0.0771. The van der Waals surface area contributed by atoms with E-state index in [4.69, 9.17) is 9.47 Å². The lowest BCUT2D eigenvalue weighted by atomic mass is 9.92. The molecule has 4 rings (SSSR count). The highest BCUT2D eigenvalue weighted by Gasteiger charge is 2.57. The first-order valence-corrected chi connectivity index (χ1v) is 9.30. The molecule has 2 saturated heterocycles. The van der Waals surface area contributed by atoms with Crippen molar-refractivity contribution >= 4 is 0 Å². The monoisotopic (exact) mass is 435 g/mol. The molecule has 2 heterocycles. The van der Waals surface area contributed by atoms with Crippen molar-refractivity contribution in [2.24, 2.45) is 5.92 Å². The average Bonchev–Trinajstić information content (AvgIpc) is 3.24. The molecule has 164 valence electrons. The predicted molar refractivity (Wildman–Crippen MR) is 92.9 cm³/mol. The van der Waals surface area contributed by atoms with E-state index in [1.807, 2.05) is 0 Å². The number of nitrogens with zero attached hydrogens (tertiary/aromatic N) is 1. The molecule has 2 fully saturated rings. The van der Waals surface area contributed by atoms with E-state index < -0.39 is 47.4 Å². The summed E-state index contributed by atoms with van der Waals surface area (Å²) in [5.41, 5.74) is -1.99. The number of aliphatic hydroxyl groups is 1. The van der Waals surface area contributed by atoms with Crippen LogP contribution in [0.25, 0.3) is 0 Å². The van der Waals surface area contributed by atoms with Gasteiger partial charge in [0.25, 0.3) is 0 Å². The van der Waals surface area contributed by atoms with E-state index in [0.717, 1.165) is 24.3 Å². The van der Waals surface area contributed by atoms with E-state index in [2.05, 4.69) is 0 Å². The van der Waals surface area contributed by atoms with Gasteiger partial charge in [-0.15, -0.1) is 0 Å². The van der Waals surface area contributed by atoms with Crippen LogP contribution in [0, 0.1) is 5.92 Å². The Hall–Kier alpha value is -1.88. The minimum Gasteiger partial charge on any atom is -0.394 e. The van der Waals surface area contributed by atoms with E-state index in [1.165, 1.54) is 18.2 Å². The molecule has 0 spiro atoms. The maximum atomic E-state index is 12.9. The summed E-state index contributed by atoms with van der Waals surface area (Å²) < 4.78 is 88.9. The number of fused-ring (bicyclic) bond motifs is 1. The summed E-state index contributed by atoms with van der Waals surface area (Å²) in [5, 5.41) is 9.98. The van der Waals surface area contributed by atoms with Crippen LogP contribution in [-0.2, 0) is 15.7 Å². The summed E-state index contributed by atoms with van der Waals surface area (Å²) in [7, 11) is 0. The molecule has 1 aromatic rings. The summed E-state index contributed by atoms with van der Waals surface area (Å²) in [6.07, 6.45) is -6.79. The Kier molecular flexibility index (Phi) is 5.24. The zero-order valence-electron chi connectivity index (χ0n) is 15.6. The fourth-order valence-corrected chi connectivity index (χ4v) is 4.13. The minimum atomic E-state index is -4.47. The number of hydrogen-bond acceptors (Lipinski definition) is 4. The highest BCUT2D eigenvalue weighted by Crippen LogP contribution is 2.47. The van der Waals surface area contributed by atoms with Gasteiger partial charge in [0.15, 0.2) is 0 Å². The standard InChI is InChI=1S/C20H19F6NO3/c21-19(22,23)14-5-1-12(2-6-14)16-27-17(30-11-18(27,9-28)10-29-16)13-3-7-15(8-4-13)20(24,25)26/h1-3,5-8,13,16-17,28H,4,9-11H2/t13-,16+,17?,18+/m1/s1. The molecule has 1 unspecified atom stereocenters. The molecule has 1 N–H and O–H groups in total. The Labute approximate surface area is 168 Å². The molecule has 0 aromatic heterocycles. The van der Waals surface area contributed by atoms with Gasteiger partial charge in [0.05, 0.1) is 36.5 Å². The van der Waals surface area contributed by atoms with Crippen LogP contribution in [0.2, 0.25) is 0 Å². The van der Waals surface area contributed by atoms with E-state index in [-0.39, 0.29) is 26.2 Å². The first-order chi connectivity index (χ1) is 14.0. The number of rotatable bonds is 3. The molecule has 0 bridgehead atoms. The molecule has 10 heteroatoms. The topological polar surface area (TPSA) is 41.9 Å². The summed E-state index contributed by atoms with van der Waals surface area (Å²) in [6, 6.07) is 4.49. The largest absolute Gasteiger partial charge is 0.416 e. The van der Waals surface area contributed by atoms with Gasteiger partial charge in [-0.3, -0.25) is 0 Å². The number of hydrogen-bond donors (Lipinski definition) is 1. The summed E-state index contributed by atoms with van der Waals surface area (Å²) in [4.78, 5) is 1.73. The van der Waals surface area contributed by atoms with E-state index in [9.17, 15) is 31.4 Å². The molecule has 2 aliphatic heterocycles. The molecular weight excluding hydrogens is 416 g/mol. The number of alkyl halides is 6. The van der Waals surface area contributed by atoms with Crippen LogP contribution in [0.4, 0.5) is 26.3 Å². The van der Waals surface area contributed by atoms with Crippen molar-refractivity contribution in [3.8, 4) is 0 Å². The molecule has 30 heavy (non-hydrogen) atoms. The third kappa shape index (κ3) is 3.66. The molecule has 0 amide bonds. The smallest absolute Gasteiger partial charge is 0.394 e. The normalized spacial score (nSPS) is 32.4. The van der Waals surface area contributed by atoms with E-state index in [1.54, 1.807) is 4.90 Å². The lowest BCUT2D eigenvalue weighted by Crippen LogP contribution is -2.51. The quantitative estimate of drug-likeness (QED) is 0.724. The van der Waals surface area contributed by atoms with Crippen LogP contribution >= 0.6 is 0 Å². The number of ether oxygens (including phenoxy) is 2. The van der Waals surface area contributed by atoms with Gasteiger partial charge in [0.2, 0.25) is 0 Å². The summed E-state index contributed by atoms with van der Waals surface area (Å²) >= 11 is 0. The number of aliphatic hydroxyl groups excluding tert-OH is 1. The van der Waals surface area contributed by atoms with Crippen LogP contribution in [-0.4, -0.2) is 47.8 Å². The second-order valence-electron chi connectivity index (χ2n) is 7.69. The van der Waals surface area contributed by atoms with Crippen molar-refractivity contribution in [2.75, 3.05) is 19.8 Å². The van der Waals surface area contributed by atoms with Crippen LogP contribution < -0.4 is 0 Å². The molecule has 3 aliphatic rings. The van der Waals surface area contributed by atoms with Crippen LogP contribution in [0.5, 0.6) is 0 Å². The number of benzene rings is 1. The Morgan fingerprint density at radius 1 is 1.00 bits per heavy atom. The van der Waals surface area contributed by atoms with E-state index >= 15 is 0 Å². The van der Waals surface area contributed by atoms with Crippen LogP contribution in [0.15, 0.2) is 48.1 Å². The van der Waals surface area contributed by atoms with Gasteiger partial charge in [-0.25, -0.2) is 4.90 Å². The van der Waals surface area contributed by atoms with Crippen molar-refractivity contribution in [3.63, 3.8) is 0 Å². The number of halogens is 6. The maximum Gasteiger partial charge on any atom is 0.416 e. The Balaban J connectivity index is 1.59. The van der Waals surface area contributed by atoms with Crippen molar-refractivity contribution in [2.45, 2.75) is 36.8 Å². The number of allylic oxidation sites excluding steroid dienone is 3. The zero-order chi connectivity index (χ0) is 21.7. The van der Waals surface area contributed by atoms with Gasteiger partial charge in [-0.2, -0.15) is 26.3 Å². The van der Waals surface area contributed by atoms with Gasteiger partial charge in [-0.05, 0) is 24.1 Å². The highest BCUT2D eigenvalue weighted by atomic mass is 19.4. The molecule has 0 saturated carbocycles. The second kappa shape index (κ2) is 7.37. The van der Waals surface area contributed by atoms with Gasteiger partial charge >= 0.3 is 12.4 Å². The van der Waals surface area contributed by atoms with Gasteiger partial charge in [0.1, 0.15) is 12.5 Å². The zero-order valence-corrected chi connectivity index (χ0v) is 15.6. The molecular formula is C20H19F6NO3. The molecule has 0 radical (unpaired) electrons. The molecule has 4 atom stereocenters. The Morgan fingerprint density at radius 2 is 1.67 bits per heavy atom. The van der Waals surface area contributed by atoms with Gasteiger partial charge in [0, 0.05) is 5.92 Å². The van der Waals surface area contributed by atoms with Crippen LogP contribution in [0.3, 0.4) is 0 Å². The van der Waals surface area contributed by atoms with E-state index in [0.29, 0.717) is 5.56 Å². The molecule has 1 aliphatic carbocycles. The Morgan fingerprint density at radius 3 is 2.20 bits per heavy atom. The second-order valence-corrected chi connectivity index (χ2v) is 7.69. The molecule has 4 nitrogen and oxygen atoms in total. The van der Waals surface area contributed by atoms with Crippen molar-refractivity contribution < 1.29 is 40.9 Å². The SMILES string of the molecule is OC[C@]12COC([C@@H]3C=CC(C(F)(F)F)=CC3)N1[C@H](c1ccc(C(F)(F)F)cc1)OC2. The third-order valence-corrected chi connectivity index (χ3v) is 5.75.